The van der Waals surface area contributed by atoms with Gasteiger partial charge in [0.1, 0.15) is 12.4 Å². The van der Waals surface area contributed by atoms with Crippen molar-refractivity contribution >= 4 is 11.7 Å². The number of aromatic nitrogens is 3. The zero-order valence-corrected chi connectivity index (χ0v) is 13.7. The van der Waals surface area contributed by atoms with E-state index < -0.39 is 0 Å². The van der Waals surface area contributed by atoms with Crippen molar-refractivity contribution in [3.63, 3.8) is 0 Å². The molecule has 3 heterocycles. The molecule has 1 amide bonds. The van der Waals surface area contributed by atoms with E-state index in [4.69, 9.17) is 0 Å². The van der Waals surface area contributed by atoms with Crippen molar-refractivity contribution in [2.45, 2.75) is 32.4 Å². The van der Waals surface area contributed by atoms with Gasteiger partial charge in [-0.05, 0) is 38.0 Å². The molecule has 0 saturated carbocycles. The van der Waals surface area contributed by atoms with E-state index in [2.05, 4.69) is 15.0 Å². The van der Waals surface area contributed by atoms with Crippen molar-refractivity contribution in [2.75, 3.05) is 25.0 Å². The van der Waals surface area contributed by atoms with Gasteiger partial charge >= 0.3 is 0 Å². The minimum Gasteiger partial charge on any atom is -0.355 e. The van der Waals surface area contributed by atoms with Crippen LogP contribution in [-0.2, 0) is 11.3 Å². The minimum absolute atomic E-state index is 0.0951. The molecule has 3 rings (SSSR count). The number of amides is 1. The standard InChI is InChI=1S/C17H23N5O/c1-14-6-3-8-16(19-14)21-10-4-7-15(12-21)20(2)17(23)13-22-11-5-9-18-22/h3,5-6,8-9,11,15H,4,7,10,12-13H2,1-2H3. The first-order chi connectivity index (χ1) is 11.1. The van der Waals surface area contributed by atoms with E-state index in [0.717, 1.165) is 37.4 Å². The van der Waals surface area contributed by atoms with Crippen LogP contribution in [0.15, 0.2) is 36.7 Å². The number of aryl methyl sites for hydroxylation is 1. The number of rotatable bonds is 4. The maximum atomic E-state index is 12.4. The summed E-state index contributed by atoms with van der Waals surface area (Å²) in [6.45, 7) is 4.12. The molecule has 1 aliphatic heterocycles. The molecule has 2 aromatic heterocycles. The summed E-state index contributed by atoms with van der Waals surface area (Å²) in [5.41, 5.74) is 1.02. The second-order valence-corrected chi connectivity index (χ2v) is 6.09. The predicted octanol–water partition coefficient (Wildman–Crippen LogP) is 1.71. The molecule has 1 saturated heterocycles. The Morgan fingerprint density at radius 1 is 1.39 bits per heavy atom. The highest BCUT2D eigenvalue weighted by Gasteiger charge is 2.26. The molecule has 1 fully saturated rings. The van der Waals surface area contributed by atoms with Gasteiger partial charge in [-0.25, -0.2) is 4.98 Å². The van der Waals surface area contributed by atoms with E-state index in [1.165, 1.54) is 0 Å². The molecule has 1 unspecified atom stereocenters. The fourth-order valence-corrected chi connectivity index (χ4v) is 3.03. The molecule has 122 valence electrons. The summed E-state index contributed by atoms with van der Waals surface area (Å²) in [7, 11) is 1.89. The highest BCUT2D eigenvalue weighted by molar-refractivity contribution is 5.76. The summed E-state index contributed by atoms with van der Waals surface area (Å²) in [5, 5.41) is 4.10. The van der Waals surface area contributed by atoms with Crippen LogP contribution in [0.5, 0.6) is 0 Å². The Morgan fingerprint density at radius 3 is 3.00 bits per heavy atom. The lowest BCUT2D eigenvalue weighted by Gasteiger charge is -2.38. The normalized spacial score (nSPS) is 18.0. The molecule has 2 aromatic rings. The van der Waals surface area contributed by atoms with Crippen molar-refractivity contribution in [3.05, 3.63) is 42.4 Å². The monoisotopic (exact) mass is 313 g/mol. The minimum atomic E-state index is 0.0951. The zero-order chi connectivity index (χ0) is 16.2. The molecule has 0 spiro atoms. The molecular weight excluding hydrogens is 290 g/mol. The third-order valence-electron chi connectivity index (χ3n) is 4.39. The van der Waals surface area contributed by atoms with Crippen LogP contribution in [0.1, 0.15) is 18.5 Å². The van der Waals surface area contributed by atoms with Crippen molar-refractivity contribution in [1.82, 2.24) is 19.7 Å². The molecule has 1 aliphatic rings. The quantitative estimate of drug-likeness (QED) is 0.862. The van der Waals surface area contributed by atoms with Crippen LogP contribution in [-0.4, -0.2) is 51.8 Å². The number of hydrogen-bond acceptors (Lipinski definition) is 4. The maximum Gasteiger partial charge on any atom is 0.244 e. The largest absolute Gasteiger partial charge is 0.355 e. The summed E-state index contributed by atoms with van der Waals surface area (Å²) in [4.78, 5) is 21.2. The van der Waals surface area contributed by atoms with Crippen molar-refractivity contribution < 1.29 is 4.79 Å². The number of piperidine rings is 1. The summed E-state index contributed by atoms with van der Waals surface area (Å²) in [5.74, 6) is 1.10. The molecule has 0 bridgehead atoms. The number of nitrogens with zero attached hydrogens (tertiary/aromatic N) is 5. The predicted molar refractivity (Wildman–Crippen MR) is 89.2 cm³/mol. The van der Waals surface area contributed by atoms with E-state index in [-0.39, 0.29) is 11.9 Å². The van der Waals surface area contributed by atoms with Gasteiger partial charge in [0.15, 0.2) is 0 Å². The molecule has 6 heteroatoms. The van der Waals surface area contributed by atoms with Gasteiger partial charge in [-0.15, -0.1) is 0 Å². The van der Waals surface area contributed by atoms with E-state index >= 15 is 0 Å². The molecule has 23 heavy (non-hydrogen) atoms. The number of anilines is 1. The topological polar surface area (TPSA) is 54.3 Å². The van der Waals surface area contributed by atoms with Gasteiger partial charge < -0.3 is 9.80 Å². The highest BCUT2D eigenvalue weighted by atomic mass is 16.2. The van der Waals surface area contributed by atoms with Crippen LogP contribution in [0.2, 0.25) is 0 Å². The van der Waals surface area contributed by atoms with E-state index in [1.807, 2.05) is 49.3 Å². The van der Waals surface area contributed by atoms with Crippen LogP contribution in [0.4, 0.5) is 5.82 Å². The summed E-state index contributed by atoms with van der Waals surface area (Å²) in [6, 6.07) is 8.13. The average Bonchev–Trinajstić information content (AvgIpc) is 3.07. The molecule has 0 aliphatic carbocycles. The SMILES string of the molecule is Cc1cccc(N2CCCC(N(C)C(=O)Cn3cccn3)C2)n1. The fourth-order valence-electron chi connectivity index (χ4n) is 3.03. The van der Waals surface area contributed by atoms with Crippen LogP contribution in [0.25, 0.3) is 0 Å². The first-order valence-corrected chi connectivity index (χ1v) is 8.05. The summed E-state index contributed by atoms with van der Waals surface area (Å²) in [6.07, 6.45) is 5.61. The Labute approximate surface area is 136 Å². The second-order valence-electron chi connectivity index (χ2n) is 6.09. The zero-order valence-electron chi connectivity index (χ0n) is 13.7. The van der Waals surface area contributed by atoms with Gasteiger partial charge in [0.05, 0.1) is 0 Å². The first kappa shape index (κ1) is 15.5. The third-order valence-corrected chi connectivity index (χ3v) is 4.39. The van der Waals surface area contributed by atoms with E-state index in [1.54, 1.807) is 10.9 Å². The Morgan fingerprint density at radius 2 is 2.26 bits per heavy atom. The Balaban J connectivity index is 1.64. The van der Waals surface area contributed by atoms with E-state index in [0.29, 0.717) is 6.54 Å². The van der Waals surface area contributed by atoms with Gasteiger partial charge in [0.25, 0.3) is 0 Å². The lowest BCUT2D eigenvalue weighted by atomic mass is 10.0. The number of hydrogen-bond donors (Lipinski definition) is 0. The lowest BCUT2D eigenvalue weighted by Crippen LogP contribution is -2.49. The van der Waals surface area contributed by atoms with Crippen LogP contribution in [0, 0.1) is 6.92 Å². The molecule has 0 radical (unpaired) electrons. The van der Waals surface area contributed by atoms with Gasteiger partial charge in [0, 0.05) is 44.3 Å². The molecular formula is C17H23N5O. The van der Waals surface area contributed by atoms with Gasteiger partial charge in [-0.1, -0.05) is 6.07 Å². The van der Waals surface area contributed by atoms with Crippen LogP contribution < -0.4 is 4.90 Å². The molecule has 6 nitrogen and oxygen atoms in total. The van der Waals surface area contributed by atoms with E-state index in [9.17, 15) is 4.79 Å². The van der Waals surface area contributed by atoms with Gasteiger partial charge in [0.2, 0.25) is 5.91 Å². The average molecular weight is 313 g/mol. The second kappa shape index (κ2) is 6.81. The number of likely N-dealkylation sites (N-methyl/N-ethyl adjacent to an activating group) is 1. The molecule has 0 aromatic carbocycles. The number of pyridine rings is 1. The van der Waals surface area contributed by atoms with Crippen molar-refractivity contribution in [3.8, 4) is 0 Å². The third kappa shape index (κ3) is 3.70. The highest BCUT2D eigenvalue weighted by Crippen LogP contribution is 2.20. The fraction of sp³-hybridized carbons (Fsp3) is 0.471. The summed E-state index contributed by atoms with van der Waals surface area (Å²) >= 11 is 0. The maximum absolute atomic E-state index is 12.4. The lowest BCUT2D eigenvalue weighted by molar-refractivity contribution is -0.133. The smallest absolute Gasteiger partial charge is 0.244 e. The Hall–Kier alpha value is -2.37. The van der Waals surface area contributed by atoms with Crippen molar-refractivity contribution in [2.24, 2.45) is 0 Å². The molecule has 1 atom stereocenters. The number of carbonyl (C=O) groups is 1. The van der Waals surface area contributed by atoms with Crippen LogP contribution in [0.3, 0.4) is 0 Å². The summed E-state index contributed by atoms with van der Waals surface area (Å²) < 4.78 is 1.67. The van der Waals surface area contributed by atoms with Crippen molar-refractivity contribution in [1.29, 1.82) is 0 Å². The molecule has 0 N–H and O–H groups in total. The Kier molecular flexibility index (Phi) is 4.60. The van der Waals surface area contributed by atoms with Crippen LogP contribution >= 0.6 is 0 Å². The Bertz CT molecular complexity index is 655. The van der Waals surface area contributed by atoms with Gasteiger partial charge in [-0.2, -0.15) is 5.10 Å². The first-order valence-electron chi connectivity index (χ1n) is 8.05. The van der Waals surface area contributed by atoms with Gasteiger partial charge in [-0.3, -0.25) is 9.48 Å². The number of carbonyl (C=O) groups excluding carboxylic acids is 1.